The number of benzene rings is 1. The largest absolute Gasteiger partial charge is 0.497 e. The fourth-order valence-electron chi connectivity index (χ4n) is 6.64. The highest BCUT2D eigenvalue weighted by atomic mass is 16.5. The zero-order chi connectivity index (χ0) is 29.5. The van der Waals surface area contributed by atoms with Crippen LogP contribution < -0.4 is 15.4 Å². The van der Waals surface area contributed by atoms with Crippen molar-refractivity contribution in [1.29, 1.82) is 0 Å². The van der Waals surface area contributed by atoms with Crippen molar-refractivity contribution >= 4 is 23.6 Å². The maximum absolute atomic E-state index is 14.1. The van der Waals surface area contributed by atoms with E-state index in [0.717, 1.165) is 18.4 Å². The number of nitrogens with zero attached hydrogens (tertiary/aromatic N) is 3. The number of carbonyl (C=O) groups excluding carboxylic acids is 4. The maximum atomic E-state index is 14.1. The minimum atomic E-state index is -1.30. The van der Waals surface area contributed by atoms with E-state index in [0.29, 0.717) is 31.8 Å². The molecule has 1 aromatic carbocycles. The summed E-state index contributed by atoms with van der Waals surface area (Å²) >= 11 is 0. The van der Waals surface area contributed by atoms with Crippen LogP contribution in [0.4, 0.5) is 0 Å². The molecule has 1 aromatic rings. The van der Waals surface area contributed by atoms with E-state index < -0.39 is 42.4 Å². The first-order chi connectivity index (χ1) is 20.2. The first-order valence-corrected chi connectivity index (χ1v) is 14.8. The van der Waals surface area contributed by atoms with Crippen molar-refractivity contribution in [3.63, 3.8) is 0 Å². The first kappa shape index (κ1) is 28.8. The number of piperazine rings is 1. The van der Waals surface area contributed by atoms with Crippen molar-refractivity contribution in [2.75, 3.05) is 39.8 Å². The summed E-state index contributed by atoms with van der Waals surface area (Å²) in [5.41, 5.74) is 0.949. The molecule has 5 fully saturated rings. The van der Waals surface area contributed by atoms with Gasteiger partial charge in [0, 0.05) is 44.7 Å². The molecule has 0 aromatic heterocycles. The summed E-state index contributed by atoms with van der Waals surface area (Å²) in [5.74, 6) is -0.410. The fourth-order valence-corrected chi connectivity index (χ4v) is 6.64. The van der Waals surface area contributed by atoms with Crippen LogP contribution in [0.2, 0.25) is 0 Å². The number of aliphatic hydroxyl groups excluding tert-OH is 2. The van der Waals surface area contributed by atoms with Gasteiger partial charge in [0.05, 0.1) is 32.2 Å². The molecule has 4 heterocycles. The van der Waals surface area contributed by atoms with Crippen LogP contribution in [0.15, 0.2) is 24.3 Å². The molecule has 7 atom stereocenters. The lowest BCUT2D eigenvalue weighted by Gasteiger charge is -2.42. The van der Waals surface area contributed by atoms with E-state index in [-0.39, 0.29) is 55.7 Å². The molecule has 5 aliphatic rings. The van der Waals surface area contributed by atoms with Crippen LogP contribution in [0.1, 0.15) is 31.2 Å². The van der Waals surface area contributed by atoms with Gasteiger partial charge in [-0.2, -0.15) is 0 Å². The van der Waals surface area contributed by atoms with Crippen LogP contribution in [0, 0.1) is 5.92 Å². The molecule has 13 heteroatoms. The number of ether oxygens (including phenoxy) is 2. The van der Waals surface area contributed by atoms with Gasteiger partial charge in [0.2, 0.25) is 23.6 Å². The van der Waals surface area contributed by atoms with Crippen LogP contribution in [0.5, 0.6) is 5.75 Å². The summed E-state index contributed by atoms with van der Waals surface area (Å²) in [5, 5.41) is 26.9. The third kappa shape index (κ3) is 5.83. The number of fused-ring (bicyclic) bond motifs is 6. The van der Waals surface area contributed by atoms with E-state index in [4.69, 9.17) is 9.47 Å². The van der Waals surface area contributed by atoms with Crippen LogP contribution >= 0.6 is 0 Å². The predicted octanol–water partition coefficient (Wildman–Crippen LogP) is -1.79. The monoisotopic (exact) mass is 585 g/mol. The molecule has 6 bridgehead atoms. The van der Waals surface area contributed by atoms with Gasteiger partial charge in [-0.15, -0.1) is 0 Å². The number of aliphatic hydroxyl groups is 2. The molecule has 0 radical (unpaired) electrons. The number of carbonyl (C=O) groups is 4. The molecule has 42 heavy (non-hydrogen) atoms. The van der Waals surface area contributed by atoms with Gasteiger partial charge in [0.15, 0.2) is 0 Å². The molecular formula is C29H39N5O8. The third-order valence-electron chi connectivity index (χ3n) is 9.10. The van der Waals surface area contributed by atoms with Crippen molar-refractivity contribution in [3.05, 3.63) is 29.8 Å². The van der Waals surface area contributed by atoms with Crippen molar-refractivity contribution in [1.82, 2.24) is 25.3 Å². The van der Waals surface area contributed by atoms with E-state index in [1.54, 1.807) is 16.9 Å². The van der Waals surface area contributed by atoms with Gasteiger partial charge in [-0.3, -0.25) is 24.1 Å². The molecular weight excluding hydrogens is 546 g/mol. The summed E-state index contributed by atoms with van der Waals surface area (Å²) in [6.07, 6.45) is -2.67. The highest BCUT2D eigenvalue weighted by Crippen LogP contribution is 2.33. The number of hydrogen-bond donors (Lipinski definition) is 4. The average Bonchev–Trinajstić information content (AvgIpc) is 3.72. The second kappa shape index (κ2) is 11.8. The summed E-state index contributed by atoms with van der Waals surface area (Å²) in [7, 11) is 1.59. The molecule has 13 nitrogen and oxygen atoms in total. The Hall–Kier alpha value is -3.26. The highest BCUT2D eigenvalue weighted by molar-refractivity contribution is 5.91. The number of nitrogens with one attached hydrogen (secondary N) is 2. The fraction of sp³-hybridized carbons (Fsp3) is 0.655. The molecule has 228 valence electrons. The zero-order valence-corrected chi connectivity index (χ0v) is 23.7. The molecule has 4 aliphatic heterocycles. The summed E-state index contributed by atoms with van der Waals surface area (Å²) in [6, 6.07) is 5.83. The van der Waals surface area contributed by atoms with Crippen molar-refractivity contribution in [3.8, 4) is 5.75 Å². The van der Waals surface area contributed by atoms with Crippen molar-refractivity contribution in [2.45, 2.75) is 74.8 Å². The quantitative estimate of drug-likeness (QED) is 0.320. The van der Waals surface area contributed by atoms with Gasteiger partial charge >= 0.3 is 0 Å². The minimum absolute atomic E-state index is 0.0446. The number of methoxy groups -OCH3 is 1. The molecule has 0 spiro atoms. The molecule has 0 unspecified atom stereocenters. The Kier molecular flexibility index (Phi) is 8.09. The Morgan fingerprint density at radius 2 is 1.86 bits per heavy atom. The number of amides is 4. The normalized spacial score (nSPS) is 34.3. The molecule has 4 N–H and O–H groups in total. The molecule has 6 rings (SSSR count). The van der Waals surface area contributed by atoms with Crippen LogP contribution in [0.25, 0.3) is 0 Å². The Labute approximate surface area is 244 Å². The minimum Gasteiger partial charge on any atom is -0.497 e. The Balaban J connectivity index is 1.28. The first-order valence-electron chi connectivity index (χ1n) is 14.8. The topological polar surface area (TPSA) is 161 Å². The second-order valence-corrected chi connectivity index (χ2v) is 12.0. The lowest BCUT2D eigenvalue weighted by atomic mass is 10.0. The van der Waals surface area contributed by atoms with Crippen molar-refractivity contribution in [2.24, 2.45) is 5.92 Å². The van der Waals surface area contributed by atoms with E-state index >= 15 is 0 Å². The van der Waals surface area contributed by atoms with E-state index in [9.17, 15) is 29.4 Å². The number of hydrogen-bond acceptors (Lipinski definition) is 9. The summed E-state index contributed by atoms with van der Waals surface area (Å²) in [4.78, 5) is 58.9. The van der Waals surface area contributed by atoms with E-state index in [2.05, 4.69) is 10.6 Å². The van der Waals surface area contributed by atoms with Gasteiger partial charge < -0.3 is 40.1 Å². The predicted molar refractivity (Wildman–Crippen MR) is 147 cm³/mol. The zero-order valence-electron chi connectivity index (χ0n) is 23.7. The molecule has 1 aliphatic carbocycles. The third-order valence-corrected chi connectivity index (χ3v) is 9.10. The Morgan fingerprint density at radius 1 is 1.07 bits per heavy atom. The van der Waals surface area contributed by atoms with Gasteiger partial charge in [0.1, 0.15) is 30.1 Å². The Morgan fingerprint density at radius 3 is 2.62 bits per heavy atom. The van der Waals surface area contributed by atoms with Crippen molar-refractivity contribution < 1.29 is 38.9 Å². The lowest BCUT2D eigenvalue weighted by Crippen LogP contribution is -2.63. The number of likely N-dealkylation sites (tertiary alicyclic amines) is 1. The van der Waals surface area contributed by atoms with Crippen LogP contribution in [-0.4, -0.2) is 131 Å². The molecule has 1 saturated carbocycles. The Bertz CT molecular complexity index is 1230. The van der Waals surface area contributed by atoms with Gasteiger partial charge in [0.25, 0.3) is 0 Å². The van der Waals surface area contributed by atoms with Gasteiger partial charge in [-0.05, 0) is 37.0 Å². The second-order valence-electron chi connectivity index (χ2n) is 12.0. The van der Waals surface area contributed by atoms with E-state index in [1.807, 2.05) is 29.2 Å². The summed E-state index contributed by atoms with van der Waals surface area (Å²) < 4.78 is 11.2. The summed E-state index contributed by atoms with van der Waals surface area (Å²) in [6.45, 7) is 1.35. The molecule has 4 amide bonds. The SMILES string of the molecule is COc1cccc(CN2C[C@@H]3C[C@H]2C(=O)N2CCN(C(=O)C4CC4)[C@@H](C2)C(=O)NC[C@H]2O[C@@H](CC(=O)N3)[C@H](O)[C@@H]2O)c1. The van der Waals surface area contributed by atoms with Crippen LogP contribution in [-0.2, 0) is 30.5 Å². The maximum Gasteiger partial charge on any atom is 0.244 e. The molecule has 4 saturated heterocycles. The van der Waals surface area contributed by atoms with E-state index in [1.165, 1.54) is 0 Å². The highest BCUT2D eigenvalue weighted by Gasteiger charge is 2.48. The lowest BCUT2D eigenvalue weighted by molar-refractivity contribution is -0.151. The standard InChI is InChI=1S/C29H39N5O8/c1-41-19-4-2-3-16(9-19)13-33-14-18-10-20(33)29(40)32-7-8-34(28(39)17-5-6-17)21(15-32)27(38)30-12-23-26(37)25(36)22(42-23)11-24(35)31-18/h2-4,9,17-18,20-23,25-26,36-37H,5-8,10-15H2,1H3,(H,30,38)(H,31,35)/t18-,20-,21-,22-,23+,25-,26+/m0/s1. The van der Waals surface area contributed by atoms with Gasteiger partial charge in [-0.1, -0.05) is 12.1 Å². The van der Waals surface area contributed by atoms with Gasteiger partial charge in [-0.25, -0.2) is 0 Å². The van der Waals surface area contributed by atoms with Crippen LogP contribution in [0.3, 0.4) is 0 Å². The average molecular weight is 586 g/mol. The number of rotatable bonds is 4. The smallest absolute Gasteiger partial charge is 0.244 e.